The molecule has 0 bridgehead atoms. The minimum absolute atomic E-state index is 0.236. The second-order valence-corrected chi connectivity index (χ2v) is 7.18. The van der Waals surface area contributed by atoms with E-state index in [1.54, 1.807) is 41.5 Å². The van der Waals surface area contributed by atoms with Gasteiger partial charge < -0.3 is 15.2 Å². The molecular weight excluding hydrogens is 260 g/mol. The number of hydrogen-bond donors (Lipinski definition) is 1. The molecule has 1 saturated heterocycles. The summed E-state index contributed by atoms with van der Waals surface area (Å²) in [5, 5.41) is 0. The molecule has 1 rings (SSSR count). The highest BCUT2D eigenvalue weighted by Crippen LogP contribution is 2.23. The molecule has 6 nitrogen and oxygen atoms in total. The Bertz CT molecular complexity index is 346. The highest BCUT2D eigenvalue weighted by atomic mass is 16.6. The summed E-state index contributed by atoms with van der Waals surface area (Å²) >= 11 is 0. The molecule has 1 aliphatic rings. The number of nitrogens with two attached hydrogens (primary N) is 1. The maximum absolute atomic E-state index is 12.2. The highest BCUT2D eigenvalue weighted by molar-refractivity contribution is 5.82. The van der Waals surface area contributed by atoms with E-state index in [2.05, 4.69) is 0 Å². The van der Waals surface area contributed by atoms with Crippen molar-refractivity contribution in [2.75, 3.05) is 6.54 Å². The topological polar surface area (TPSA) is 81.9 Å². The third kappa shape index (κ3) is 5.00. The van der Waals surface area contributed by atoms with Crippen LogP contribution in [0.3, 0.4) is 0 Å². The van der Waals surface area contributed by atoms with Gasteiger partial charge in [-0.25, -0.2) is 9.59 Å². The van der Waals surface area contributed by atoms with Crippen molar-refractivity contribution in [1.29, 1.82) is 0 Å². The number of nitrogens with zero attached hydrogens (tertiary/aromatic N) is 1. The molecular formula is C14H26N2O4. The Kier molecular flexibility index (Phi) is 4.69. The first-order chi connectivity index (χ1) is 8.89. The Labute approximate surface area is 120 Å². The second-order valence-electron chi connectivity index (χ2n) is 7.18. The van der Waals surface area contributed by atoms with Crippen LogP contribution in [0.1, 0.15) is 48.0 Å². The van der Waals surface area contributed by atoms with Gasteiger partial charge in [0.1, 0.15) is 17.2 Å². The lowest BCUT2D eigenvalue weighted by molar-refractivity contribution is -0.160. The van der Waals surface area contributed by atoms with Crippen LogP contribution >= 0.6 is 0 Å². The molecule has 0 unspecified atom stereocenters. The van der Waals surface area contributed by atoms with Crippen LogP contribution in [0.2, 0.25) is 0 Å². The van der Waals surface area contributed by atoms with Gasteiger partial charge in [-0.2, -0.15) is 0 Å². The lowest BCUT2D eigenvalue weighted by Crippen LogP contribution is -2.45. The number of amides is 1. The van der Waals surface area contributed by atoms with Crippen LogP contribution in [-0.2, 0) is 14.3 Å². The van der Waals surface area contributed by atoms with Gasteiger partial charge in [0, 0.05) is 12.6 Å². The van der Waals surface area contributed by atoms with Crippen LogP contribution in [0.4, 0.5) is 4.79 Å². The Morgan fingerprint density at radius 1 is 1.05 bits per heavy atom. The molecule has 0 radical (unpaired) electrons. The van der Waals surface area contributed by atoms with Crippen molar-refractivity contribution in [3.63, 3.8) is 0 Å². The van der Waals surface area contributed by atoms with E-state index in [1.165, 1.54) is 4.90 Å². The van der Waals surface area contributed by atoms with E-state index in [4.69, 9.17) is 15.2 Å². The van der Waals surface area contributed by atoms with E-state index in [-0.39, 0.29) is 6.04 Å². The average Bonchev–Trinajstić information content (AvgIpc) is 2.55. The Morgan fingerprint density at radius 2 is 1.55 bits per heavy atom. The van der Waals surface area contributed by atoms with Gasteiger partial charge in [-0.15, -0.1) is 0 Å². The SMILES string of the molecule is CC(C)(C)OC(=O)[C@H]1C[C@H](N)CN1C(=O)OC(C)(C)C. The van der Waals surface area contributed by atoms with Crippen LogP contribution in [0.15, 0.2) is 0 Å². The fourth-order valence-corrected chi connectivity index (χ4v) is 1.98. The van der Waals surface area contributed by atoms with E-state index < -0.39 is 29.3 Å². The lowest BCUT2D eigenvalue weighted by atomic mass is 10.1. The molecule has 0 aromatic heterocycles. The quantitative estimate of drug-likeness (QED) is 0.741. The molecule has 1 heterocycles. The van der Waals surface area contributed by atoms with E-state index in [9.17, 15) is 9.59 Å². The molecule has 1 aliphatic heterocycles. The van der Waals surface area contributed by atoms with Gasteiger partial charge in [0.15, 0.2) is 0 Å². The maximum Gasteiger partial charge on any atom is 0.411 e. The van der Waals surface area contributed by atoms with Crippen LogP contribution in [0, 0.1) is 0 Å². The second kappa shape index (κ2) is 5.60. The molecule has 116 valence electrons. The first kappa shape index (κ1) is 16.8. The van der Waals surface area contributed by atoms with Crippen molar-refractivity contribution < 1.29 is 19.1 Å². The van der Waals surface area contributed by atoms with E-state index in [1.807, 2.05) is 0 Å². The molecule has 6 heteroatoms. The third-order valence-corrected chi connectivity index (χ3v) is 2.64. The summed E-state index contributed by atoms with van der Waals surface area (Å²) in [5.41, 5.74) is 4.66. The molecule has 20 heavy (non-hydrogen) atoms. The standard InChI is InChI=1S/C14H26N2O4/c1-13(2,3)19-11(17)10-7-9(15)8-16(10)12(18)20-14(4,5)6/h9-10H,7-8,15H2,1-6H3/t9-,10+/m0/s1. The molecule has 0 aromatic carbocycles. The normalized spacial score (nSPS) is 23.6. The Balaban J connectivity index is 2.78. The minimum Gasteiger partial charge on any atom is -0.458 e. The minimum atomic E-state index is -0.668. The van der Waals surface area contributed by atoms with Gasteiger partial charge in [-0.05, 0) is 48.0 Å². The fraction of sp³-hybridized carbons (Fsp3) is 0.857. The van der Waals surface area contributed by atoms with Crippen LogP contribution in [0.5, 0.6) is 0 Å². The smallest absolute Gasteiger partial charge is 0.411 e. The average molecular weight is 286 g/mol. The molecule has 2 N–H and O–H groups in total. The summed E-state index contributed by atoms with van der Waals surface area (Å²) in [6, 6.07) is -0.904. The summed E-state index contributed by atoms with van der Waals surface area (Å²) in [5.74, 6) is -0.434. The number of likely N-dealkylation sites (tertiary alicyclic amines) is 1. The summed E-state index contributed by atoms with van der Waals surface area (Å²) in [4.78, 5) is 25.7. The molecule has 0 spiro atoms. The monoisotopic (exact) mass is 286 g/mol. The van der Waals surface area contributed by atoms with Crippen molar-refractivity contribution in [3.05, 3.63) is 0 Å². The zero-order valence-electron chi connectivity index (χ0n) is 13.2. The van der Waals surface area contributed by atoms with Crippen molar-refractivity contribution in [2.24, 2.45) is 5.73 Å². The van der Waals surface area contributed by atoms with Crippen LogP contribution in [-0.4, -0.2) is 46.8 Å². The molecule has 1 amide bonds. The lowest BCUT2D eigenvalue weighted by Gasteiger charge is -2.29. The highest BCUT2D eigenvalue weighted by Gasteiger charge is 2.42. The number of carbonyl (C=O) groups is 2. The molecule has 0 saturated carbocycles. The van der Waals surface area contributed by atoms with E-state index >= 15 is 0 Å². The van der Waals surface area contributed by atoms with Crippen molar-refractivity contribution in [1.82, 2.24) is 4.90 Å². The van der Waals surface area contributed by atoms with Gasteiger partial charge in [0.2, 0.25) is 0 Å². The molecule has 0 aliphatic carbocycles. The number of hydrogen-bond acceptors (Lipinski definition) is 5. The van der Waals surface area contributed by atoms with Gasteiger partial charge in [0.25, 0.3) is 0 Å². The number of rotatable bonds is 1. The van der Waals surface area contributed by atoms with Gasteiger partial charge in [-0.1, -0.05) is 0 Å². The van der Waals surface area contributed by atoms with E-state index in [0.717, 1.165) is 0 Å². The third-order valence-electron chi connectivity index (χ3n) is 2.64. The summed E-state index contributed by atoms with van der Waals surface area (Å²) in [7, 11) is 0. The largest absolute Gasteiger partial charge is 0.458 e. The zero-order valence-corrected chi connectivity index (χ0v) is 13.2. The van der Waals surface area contributed by atoms with Gasteiger partial charge >= 0.3 is 12.1 Å². The predicted molar refractivity (Wildman–Crippen MR) is 75.2 cm³/mol. The predicted octanol–water partition coefficient (Wildman–Crippen LogP) is 1.66. The van der Waals surface area contributed by atoms with Crippen molar-refractivity contribution >= 4 is 12.1 Å². The van der Waals surface area contributed by atoms with E-state index in [0.29, 0.717) is 13.0 Å². The zero-order chi connectivity index (χ0) is 15.7. The van der Waals surface area contributed by atoms with Gasteiger partial charge in [-0.3, -0.25) is 4.90 Å². The Morgan fingerprint density at radius 3 is 2.00 bits per heavy atom. The molecule has 1 fully saturated rings. The van der Waals surface area contributed by atoms with Gasteiger partial charge in [0.05, 0.1) is 0 Å². The van der Waals surface area contributed by atoms with Crippen LogP contribution in [0.25, 0.3) is 0 Å². The van der Waals surface area contributed by atoms with Crippen molar-refractivity contribution in [3.8, 4) is 0 Å². The molecule has 0 aromatic rings. The first-order valence-electron chi connectivity index (χ1n) is 6.87. The maximum atomic E-state index is 12.2. The van der Waals surface area contributed by atoms with Crippen LogP contribution < -0.4 is 5.73 Å². The number of carbonyl (C=O) groups excluding carboxylic acids is 2. The Hall–Kier alpha value is -1.30. The summed E-state index contributed by atoms with van der Waals surface area (Å²) < 4.78 is 10.6. The fourth-order valence-electron chi connectivity index (χ4n) is 1.98. The first-order valence-corrected chi connectivity index (χ1v) is 6.87. The summed E-state index contributed by atoms with van der Waals surface area (Å²) in [6.07, 6.45) is -0.130. The number of ether oxygens (including phenoxy) is 2. The molecule has 2 atom stereocenters. The number of esters is 1. The summed E-state index contributed by atoms with van der Waals surface area (Å²) in [6.45, 7) is 11.0. The van der Waals surface area contributed by atoms with Crippen molar-refractivity contribution in [2.45, 2.75) is 71.2 Å².